The van der Waals surface area contributed by atoms with Crippen LogP contribution in [0.25, 0.3) is 22.5 Å². The molecule has 7 heteroatoms. The number of rotatable bonds is 5. The van der Waals surface area contributed by atoms with Crippen LogP contribution < -0.4 is 0 Å². The summed E-state index contributed by atoms with van der Waals surface area (Å²) >= 11 is 0. The van der Waals surface area contributed by atoms with Crippen LogP contribution in [0.15, 0.2) is 63.7 Å². The van der Waals surface area contributed by atoms with Crippen LogP contribution in [0.3, 0.4) is 0 Å². The Bertz CT molecular complexity index is 1070. The van der Waals surface area contributed by atoms with Crippen LogP contribution in [0, 0.1) is 0 Å². The molecule has 0 saturated heterocycles. The summed E-state index contributed by atoms with van der Waals surface area (Å²) < 4.78 is 10.6. The maximum Gasteiger partial charge on any atom is 0.273 e. The van der Waals surface area contributed by atoms with Gasteiger partial charge in [-0.3, -0.25) is 4.79 Å². The minimum atomic E-state index is -0.187. The minimum absolute atomic E-state index is 0.0651. The van der Waals surface area contributed by atoms with Gasteiger partial charge in [0.25, 0.3) is 5.91 Å². The van der Waals surface area contributed by atoms with Gasteiger partial charge in [0.05, 0.1) is 11.8 Å². The maximum absolute atomic E-state index is 13.0. The molecule has 0 saturated carbocycles. The van der Waals surface area contributed by atoms with Gasteiger partial charge >= 0.3 is 0 Å². The number of pyridine rings is 1. The van der Waals surface area contributed by atoms with Crippen LogP contribution >= 0.6 is 0 Å². The van der Waals surface area contributed by atoms with Gasteiger partial charge in [-0.25, -0.2) is 4.98 Å². The van der Waals surface area contributed by atoms with Crippen LogP contribution in [0.5, 0.6) is 0 Å². The lowest BCUT2D eigenvalue weighted by atomic mass is 10.2. The van der Waals surface area contributed by atoms with Crippen LogP contribution in [-0.4, -0.2) is 32.0 Å². The molecular weight excluding hydrogens is 344 g/mol. The van der Waals surface area contributed by atoms with Gasteiger partial charge in [0.2, 0.25) is 11.7 Å². The number of fused-ring (bicyclic) bond motifs is 1. The highest BCUT2D eigenvalue weighted by Crippen LogP contribution is 2.19. The second kappa shape index (κ2) is 7.03. The second-order valence-electron chi connectivity index (χ2n) is 6.41. The Kier molecular flexibility index (Phi) is 4.42. The number of carbonyl (C=O) groups excluding carboxylic acids is 1. The van der Waals surface area contributed by atoms with E-state index in [0.29, 0.717) is 23.2 Å². The van der Waals surface area contributed by atoms with Crippen LogP contribution in [0.1, 0.15) is 30.2 Å². The highest BCUT2D eigenvalue weighted by Gasteiger charge is 2.23. The first-order chi connectivity index (χ1) is 13.1. The molecule has 0 unspecified atom stereocenters. The first-order valence-electron chi connectivity index (χ1n) is 8.65. The summed E-state index contributed by atoms with van der Waals surface area (Å²) in [6.07, 6.45) is 1.54. The van der Waals surface area contributed by atoms with Gasteiger partial charge in [-0.15, -0.1) is 0 Å². The zero-order valence-corrected chi connectivity index (χ0v) is 15.0. The molecule has 0 fully saturated rings. The third-order valence-corrected chi connectivity index (χ3v) is 4.22. The van der Waals surface area contributed by atoms with Crippen LogP contribution in [0.2, 0.25) is 0 Å². The first-order valence-corrected chi connectivity index (χ1v) is 8.65. The lowest BCUT2D eigenvalue weighted by Gasteiger charge is -2.24. The van der Waals surface area contributed by atoms with Gasteiger partial charge in [-0.05, 0) is 38.1 Å². The summed E-state index contributed by atoms with van der Waals surface area (Å²) in [5.74, 6) is 1.02. The number of carbonyl (C=O) groups is 1. The fourth-order valence-electron chi connectivity index (χ4n) is 2.79. The van der Waals surface area contributed by atoms with Crippen molar-refractivity contribution < 1.29 is 13.7 Å². The van der Waals surface area contributed by atoms with Crippen molar-refractivity contribution in [3.8, 4) is 11.6 Å². The van der Waals surface area contributed by atoms with Gasteiger partial charge in [0, 0.05) is 11.4 Å². The molecule has 4 aromatic rings. The Labute approximate surface area is 155 Å². The average Bonchev–Trinajstić information content (AvgIpc) is 3.36. The molecule has 136 valence electrons. The van der Waals surface area contributed by atoms with Crippen molar-refractivity contribution in [2.75, 3.05) is 0 Å². The van der Waals surface area contributed by atoms with E-state index in [9.17, 15) is 4.79 Å². The summed E-state index contributed by atoms with van der Waals surface area (Å²) in [5.41, 5.74) is 1.16. The molecule has 0 aliphatic heterocycles. The zero-order chi connectivity index (χ0) is 18.8. The van der Waals surface area contributed by atoms with Crippen molar-refractivity contribution in [2.24, 2.45) is 0 Å². The molecule has 1 amide bonds. The molecule has 0 aliphatic carbocycles. The smallest absolute Gasteiger partial charge is 0.273 e. The summed E-state index contributed by atoms with van der Waals surface area (Å²) in [5, 5.41) is 4.90. The molecule has 0 atom stereocenters. The summed E-state index contributed by atoms with van der Waals surface area (Å²) in [6, 6.07) is 14.8. The lowest BCUT2D eigenvalue weighted by Crippen LogP contribution is -2.37. The third kappa shape index (κ3) is 3.44. The van der Waals surface area contributed by atoms with E-state index in [2.05, 4.69) is 15.1 Å². The third-order valence-electron chi connectivity index (χ3n) is 4.22. The summed E-state index contributed by atoms with van der Waals surface area (Å²) in [6.45, 7) is 4.06. The van der Waals surface area contributed by atoms with E-state index in [4.69, 9.17) is 8.94 Å². The number of hydrogen-bond donors (Lipinski definition) is 0. The van der Waals surface area contributed by atoms with Crippen molar-refractivity contribution in [2.45, 2.75) is 26.4 Å². The number of hydrogen-bond acceptors (Lipinski definition) is 6. The molecule has 7 nitrogen and oxygen atoms in total. The van der Waals surface area contributed by atoms with E-state index >= 15 is 0 Å². The van der Waals surface area contributed by atoms with Crippen molar-refractivity contribution in [3.63, 3.8) is 0 Å². The summed E-state index contributed by atoms with van der Waals surface area (Å²) in [7, 11) is 0. The molecule has 0 bridgehead atoms. The lowest BCUT2D eigenvalue weighted by molar-refractivity contribution is 0.0661. The van der Waals surface area contributed by atoms with Crippen LogP contribution in [-0.2, 0) is 6.54 Å². The van der Waals surface area contributed by atoms with Crippen molar-refractivity contribution in [1.29, 1.82) is 0 Å². The monoisotopic (exact) mass is 362 g/mol. The molecule has 4 rings (SSSR count). The average molecular weight is 362 g/mol. The topological polar surface area (TPSA) is 85.3 Å². The standard InChI is InChI=1S/C20H18N4O3/c1-13(2)24(12-18-22-19(23-27-18)17-8-5-11-26-17)20(25)16-10-9-14-6-3-4-7-15(14)21-16/h3-11,13H,12H2,1-2H3. The van der Waals surface area contributed by atoms with Crippen molar-refractivity contribution >= 4 is 16.8 Å². The Morgan fingerprint density at radius 2 is 1.93 bits per heavy atom. The van der Waals surface area contributed by atoms with E-state index in [1.54, 1.807) is 29.4 Å². The van der Waals surface area contributed by atoms with Gasteiger partial charge < -0.3 is 13.8 Å². The molecular formula is C20H18N4O3. The van der Waals surface area contributed by atoms with E-state index in [1.807, 2.05) is 44.2 Å². The molecule has 0 radical (unpaired) electrons. The van der Waals surface area contributed by atoms with Crippen LogP contribution in [0.4, 0.5) is 0 Å². The molecule has 3 aromatic heterocycles. The van der Waals surface area contributed by atoms with E-state index in [1.165, 1.54) is 0 Å². The Balaban J connectivity index is 1.59. The van der Waals surface area contributed by atoms with E-state index < -0.39 is 0 Å². The largest absolute Gasteiger partial charge is 0.461 e. The molecule has 0 N–H and O–H groups in total. The van der Waals surface area contributed by atoms with Gasteiger partial charge in [0.1, 0.15) is 12.2 Å². The SMILES string of the molecule is CC(C)N(Cc1nc(-c2ccco2)no1)C(=O)c1ccc2ccccc2n1. The predicted molar refractivity (Wildman–Crippen MR) is 98.8 cm³/mol. The minimum Gasteiger partial charge on any atom is -0.461 e. The van der Waals surface area contributed by atoms with E-state index in [0.717, 1.165) is 10.9 Å². The number of aromatic nitrogens is 3. The number of nitrogens with zero attached hydrogens (tertiary/aromatic N) is 4. The fraction of sp³-hybridized carbons (Fsp3) is 0.200. The fourth-order valence-corrected chi connectivity index (χ4v) is 2.79. The van der Waals surface area contributed by atoms with Gasteiger partial charge in [-0.2, -0.15) is 4.98 Å². The molecule has 0 spiro atoms. The Morgan fingerprint density at radius 3 is 2.70 bits per heavy atom. The highest BCUT2D eigenvalue weighted by atomic mass is 16.5. The Morgan fingerprint density at radius 1 is 1.07 bits per heavy atom. The molecule has 27 heavy (non-hydrogen) atoms. The Hall–Kier alpha value is -3.48. The van der Waals surface area contributed by atoms with E-state index in [-0.39, 0.29) is 18.5 Å². The second-order valence-corrected chi connectivity index (χ2v) is 6.41. The number of furan rings is 1. The van der Waals surface area contributed by atoms with Crippen molar-refractivity contribution in [1.82, 2.24) is 20.0 Å². The van der Waals surface area contributed by atoms with Crippen molar-refractivity contribution in [3.05, 3.63) is 66.4 Å². The predicted octanol–water partition coefficient (Wildman–Crippen LogP) is 3.93. The molecule has 0 aliphatic rings. The van der Waals surface area contributed by atoms with Gasteiger partial charge in [0.15, 0.2) is 5.76 Å². The molecule has 3 heterocycles. The quantitative estimate of drug-likeness (QED) is 0.535. The number of para-hydroxylation sites is 1. The maximum atomic E-state index is 13.0. The number of amides is 1. The first kappa shape index (κ1) is 17.0. The summed E-state index contributed by atoms with van der Waals surface area (Å²) in [4.78, 5) is 23.5. The normalized spacial score (nSPS) is 11.2. The molecule has 1 aromatic carbocycles. The number of benzene rings is 1. The highest BCUT2D eigenvalue weighted by molar-refractivity contribution is 5.95. The van der Waals surface area contributed by atoms with Gasteiger partial charge in [-0.1, -0.05) is 29.4 Å². The zero-order valence-electron chi connectivity index (χ0n) is 15.0.